The number of carbonyl (C=O) groups is 2. The quantitative estimate of drug-likeness (QED) is 0.730. The summed E-state index contributed by atoms with van der Waals surface area (Å²) in [6, 6.07) is 0.178. The molecule has 0 aromatic carbocycles. The Morgan fingerprint density at radius 3 is 2.22 bits per heavy atom. The Labute approximate surface area is 139 Å². The van der Waals surface area contributed by atoms with Crippen LogP contribution < -0.4 is 5.43 Å². The number of carboxylic acids is 1. The highest BCUT2D eigenvalue weighted by molar-refractivity contribution is 5.70. The van der Waals surface area contributed by atoms with Crippen LogP contribution in [0.25, 0.3) is 0 Å². The summed E-state index contributed by atoms with van der Waals surface area (Å²) in [6.07, 6.45) is 3.41. The van der Waals surface area contributed by atoms with Crippen molar-refractivity contribution in [3.05, 3.63) is 0 Å². The van der Waals surface area contributed by atoms with E-state index in [1.165, 1.54) is 0 Å². The van der Waals surface area contributed by atoms with Crippen LogP contribution in [0.3, 0.4) is 0 Å². The molecule has 2 N–H and O–H groups in total. The van der Waals surface area contributed by atoms with Gasteiger partial charge in [0, 0.05) is 12.6 Å². The Morgan fingerprint density at radius 1 is 1.22 bits per heavy atom. The van der Waals surface area contributed by atoms with Crippen molar-refractivity contribution >= 4 is 12.1 Å². The highest BCUT2D eigenvalue weighted by atomic mass is 16.6. The van der Waals surface area contributed by atoms with Gasteiger partial charge in [-0.1, -0.05) is 13.8 Å². The standard InChI is InChI=1S/C17H32N2O4/c1-12(2)10-11-19(18-16(22)23-17(3,4)5)14-8-6-13(7-9-14)15(20)21/h12-14H,6-11H2,1-5H3,(H,18,22)(H,20,21). The highest BCUT2D eigenvalue weighted by Gasteiger charge is 2.30. The average Bonchev–Trinajstić information content (AvgIpc) is 2.41. The van der Waals surface area contributed by atoms with Crippen LogP contribution in [-0.4, -0.2) is 40.4 Å². The molecule has 0 unspecified atom stereocenters. The molecule has 1 saturated carbocycles. The zero-order chi connectivity index (χ0) is 17.6. The Hall–Kier alpha value is -1.30. The second kappa shape index (κ2) is 8.52. The SMILES string of the molecule is CC(C)CCN(NC(=O)OC(C)(C)C)C1CCC(C(=O)O)CC1. The summed E-state index contributed by atoms with van der Waals surface area (Å²) in [5.41, 5.74) is 2.33. The van der Waals surface area contributed by atoms with Gasteiger partial charge in [0.15, 0.2) is 0 Å². The van der Waals surface area contributed by atoms with Gasteiger partial charge in [-0.05, 0) is 58.8 Å². The Kier molecular flexibility index (Phi) is 7.32. The van der Waals surface area contributed by atoms with Gasteiger partial charge >= 0.3 is 12.1 Å². The fraction of sp³-hybridized carbons (Fsp3) is 0.882. The zero-order valence-electron chi connectivity index (χ0n) is 15.1. The number of aliphatic carboxylic acids is 1. The molecule has 0 saturated heterocycles. The van der Waals surface area contributed by atoms with Gasteiger partial charge < -0.3 is 9.84 Å². The Balaban J connectivity index is 2.62. The van der Waals surface area contributed by atoms with E-state index in [4.69, 9.17) is 9.84 Å². The molecule has 1 aliphatic rings. The van der Waals surface area contributed by atoms with E-state index in [0.29, 0.717) is 18.8 Å². The van der Waals surface area contributed by atoms with Crippen molar-refractivity contribution in [3.8, 4) is 0 Å². The monoisotopic (exact) mass is 328 g/mol. The average molecular weight is 328 g/mol. The second-order valence-corrected chi connectivity index (χ2v) is 7.83. The third kappa shape index (κ3) is 7.68. The van der Waals surface area contributed by atoms with Gasteiger partial charge in [-0.25, -0.2) is 9.80 Å². The number of nitrogens with one attached hydrogen (secondary N) is 1. The predicted octanol–water partition coefficient (Wildman–Crippen LogP) is 3.42. The van der Waals surface area contributed by atoms with Crippen LogP contribution in [0.5, 0.6) is 0 Å². The lowest BCUT2D eigenvalue weighted by molar-refractivity contribution is -0.143. The lowest BCUT2D eigenvalue weighted by Crippen LogP contribution is -2.51. The zero-order valence-corrected chi connectivity index (χ0v) is 15.1. The van der Waals surface area contributed by atoms with Gasteiger partial charge in [-0.3, -0.25) is 10.2 Å². The fourth-order valence-corrected chi connectivity index (χ4v) is 2.78. The second-order valence-electron chi connectivity index (χ2n) is 7.83. The number of nitrogens with zero attached hydrogens (tertiary/aromatic N) is 1. The first kappa shape index (κ1) is 19.7. The third-order valence-electron chi connectivity index (χ3n) is 4.07. The van der Waals surface area contributed by atoms with E-state index in [2.05, 4.69) is 19.3 Å². The van der Waals surface area contributed by atoms with Crippen molar-refractivity contribution in [2.45, 2.75) is 78.4 Å². The molecule has 134 valence electrons. The summed E-state index contributed by atoms with van der Waals surface area (Å²) in [5, 5.41) is 11.1. The van der Waals surface area contributed by atoms with Crippen molar-refractivity contribution in [2.24, 2.45) is 11.8 Å². The molecule has 0 heterocycles. The van der Waals surface area contributed by atoms with Crippen LogP contribution in [0.2, 0.25) is 0 Å². The molecule has 0 aromatic heterocycles. The molecule has 1 amide bonds. The molecule has 1 fully saturated rings. The first-order valence-electron chi connectivity index (χ1n) is 8.57. The van der Waals surface area contributed by atoms with E-state index < -0.39 is 17.7 Å². The van der Waals surface area contributed by atoms with E-state index in [1.54, 1.807) is 0 Å². The van der Waals surface area contributed by atoms with Crippen molar-refractivity contribution < 1.29 is 19.4 Å². The molecule has 6 heteroatoms. The molecule has 1 rings (SSSR count). The number of hydrogen-bond donors (Lipinski definition) is 2. The van der Waals surface area contributed by atoms with Crippen molar-refractivity contribution in [3.63, 3.8) is 0 Å². The van der Waals surface area contributed by atoms with Crippen LogP contribution in [0, 0.1) is 11.8 Å². The van der Waals surface area contributed by atoms with Crippen LogP contribution in [0.4, 0.5) is 4.79 Å². The first-order chi connectivity index (χ1) is 10.6. The normalized spacial score (nSPS) is 22.2. The van der Waals surface area contributed by atoms with Crippen LogP contribution in [0.1, 0.15) is 66.7 Å². The van der Waals surface area contributed by atoms with Crippen molar-refractivity contribution in [2.75, 3.05) is 6.54 Å². The lowest BCUT2D eigenvalue weighted by Gasteiger charge is -2.36. The number of rotatable bonds is 6. The molecule has 0 atom stereocenters. The maximum Gasteiger partial charge on any atom is 0.422 e. The fourth-order valence-electron chi connectivity index (χ4n) is 2.78. The van der Waals surface area contributed by atoms with E-state index >= 15 is 0 Å². The summed E-state index contributed by atoms with van der Waals surface area (Å²) in [6.45, 7) is 10.6. The summed E-state index contributed by atoms with van der Waals surface area (Å²) < 4.78 is 5.34. The summed E-state index contributed by atoms with van der Waals surface area (Å²) in [7, 11) is 0. The summed E-state index contributed by atoms with van der Waals surface area (Å²) >= 11 is 0. The topological polar surface area (TPSA) is 78.9 Å². The number of carboxylic acid groups (broad SMARTS) is 1. The van der Waals surface area contributed by atoms with Crippen LogP contribution >= 0.6 is 0 Å². The molecule has 1 aliphatic carbocycles. The van der Waals surface area contributed by atoms with Crippen LogP contribution in [-0.2, 0) is 9.53 Å². The molecule has 0 radical (unpaired) electrons. The van der Waals surface area contributed by atoms with E-state index in [-0.39, 0.29) is 12.0 Å². The van der Waals surface area contributed by atoms with Crippen LogP contribution in [0.15, 0.2) is 0 Å². The maximum absolute atomic E-state index is 12.1. The highest BCUT2D eigenvalue weighted by Crippen LogP contribution is 2.27. The van der Waals surface area contributed by atoms with Crippen molar-refractivity contribution in [1.82, 2.24) is 10.4 Å². The molecule has 23 heavy (non-hydrogen) atoms. The van der Waals surface area contributed by atoms with E-state index in [0.717, 1.165) is 25.8 Å². The Bertz CT molecular complexity index is 396. The summed E-state index contributed by atoms with van der Waals surface area (Å²) in [4.78, 5) is 23.1. The summed E-state index contributed by atoms with van der Waals surface area (Å²) in [5.74, 6) is -0.426. The molecule has 0 spiro atoms. The Morgan fingerprint density at radius 2 is 1.78 bits per heavy atom. The van der Waals surface area contributed by atoms with Gasteiger partial charge in [0.05, 0.1) is 5.92 Å². The van der Waals surface area contributed by atoms with Gasteiger partial charge in [0.25, 0.3) is 0 Å². The maximum atomic E-state index is 12.1. The molecule has 0 bridgehead atoms. The number of hydrazine groups is 1. The van der Waals surface area contributed by atoms with Gasteiger partial charge in [-0.15, -0.1) is 0 Å². The van der Waals surface area contributed by atoms with Gasteiger partial charge in [0.1, 0.15) is 5.60 Å². The van der Waals surface area contributed by atoms with Crippen molar-refractivity contribution in [1.29, 1.82) is 0 Å². The largest absolute Gasteiger partial charge is 0.481 e. The number of carbonyl (C=O) groups excluding carboxylic acids is 1. The number of amides is 1. The molecule has 0 aliphatic heterocycles. The molecule has 6 nitrogen and oxygen atoms in total. The van der Waals surface area contributed by atoms with E-state index in [1.807, 2.05) is 25.8 Å². The number of hydrogen-bond acceptors (Lipinski definition) is 4. The minimum atomic E-state index is -0.711. The predicted molar refractivity (Wildman–Crippen MR) is 88.9 cm³/mol. The molecular weight excluding hydrogens is 296 g/mol. The van der Waals surface area contributed by atoms with E-state index in [9.17, 15) is 9.59 Å². The number of ether oxygens (including phenoxy) is 1. The minimum Gasteiger partial charge on any atom is -0.481 e. The third-order valence-corrected chi connectivity index (χ3v) is 4.07. The minimum absolute atomic E-state index is 0.178. The molecular formula is C17H32N2O4. The van der Waals surface area contributed by atoms with Gasteiger partial charge in [-0.2, -0.15) is 0 Å². The molecule has 0 aromatic rings. The van der Waals surface area contributed by atoms with Gasteiger partial charge in [0.2, 0.25) is 0 Å². The first-order valence-corrected chi connectivity index (χ1v) is 8.57. The lowest BCUT2D eigenvalue weighted by atomic mass is 9.86. The smallest absolute Gasteiger partial charge is 0.422 e.